The van der Waals surface area contributed by atoms with Crippen molar-refractivity contribution >= 4 is 23.3 Å². The highest BCUT2D eigenvalue weighted by Crippen LogP contribution is 2.23. The molecule has 0 atom stereocenters. The molecule has 0 fully saturated rings. The number of hydrogen-bond donors (Lipinski definition) is 0. The largest absolute Gasteiger partial charge is 0.469 e. The van der Waals surface area contributed by atoms with Crippen molar-refractivity contribution in [3.8, 4) is 0 Å². The third-order valence-electron chi connectivity index (χ3n) is 2.95. The van der Waals surface area contributed by atoms with Crippen LogP contribution in [0.2, 0.25) is 5.02 Å². The van der Waals surface area contributed by atoms with E-state index >= 15 is 0 Å². The van der Waals surface area contributed by atoms with Gasteiger partial charge < -0.3 is 4.74 Å². The summed E-state index contributed by atoms with van der Waals surface area (Å²) >= 11 is 6.04. The molecule has 0 aromatic heterocycles. The molecule has 20 heavy (non-hydrogen) atoms. The molecular weight excluding hydrogens is 284 g/mol. The van der Waals surface area contributed by atoms with Gasteiger partial charge in [0.05, 0.1) is 23.5 Å². The van der Waals surface area contributed by atoms with Gasteiger partial charge in [-0.1, -0.05) is 18.5 Å². The van der Waals surface area contributed by atoms with Crippen LogP contribution in [0.1, 0.15) is 18.9 Å². The van der Waals surface area contributed by atoms with Crippen LogP contribution in [0.25, 0.3) is 0 Å². The number of nitro benzene ring substituents is 1. The van der Waals surface area contributed by atoms with Crippen LogP contribution >= 0.6 is 11.6 Å². The fraction of sp³-hybridized carbons (Fsp3) is 0.462. The van der Waals surface area contributed by atoms with Crippen molar-refractivity contribution < 1.29 is 14.5 Å². The summed E-state index contributed by atoms with van der Waals surface area (Å²) in [4.78, 5) is 23.3. The Labute approximate surface area is 122 Å². The van der Waals surface area contributed by atoms with E-state index in [1.807, 2.05) is 11.8 Å². The van der Waals surface area contributed by atoms with Crippen LogP contribution in [0.3, 0.4) is 0 Å². The maximum Gasteiger partial charge on any atom is 0.306 e. The molecule has 0 unspecified atom stereocenters. The lowest BCUT2D eigenvalue weighted by atomic mass is 10.2. The highest BCUT2D eigenvalue weighted by molar-refractivity contribution is 6.31. The van der Waals surface area contributed by atoms with E-state index in [4.69, 9.17) is 11.6 Å². The molecule has 0 heterocycles. The first kappa shape index (κ1) is 16.4. The summed E-state index contributed by atoms with van der Waals surface area (Å²) in [6, 6.07) is 4.40. The topological polar surface area (TPSA) is 72.7 Å². The Morgan fingerprint density at radius 2 is 2.20 bits per heavy atom. The zero-order valence-electron chi connectivity index (χ0n) is 11.5. The number of methoxy groups -OCH3 is 1. The molecule has 7 heteroatoms. The molecule has 110 valence electrons. The quantitative estimate of drug-likeness (QED) is 0.440. The average Bonchev–Trinajstić information content (AvgIpc) is 2.44. The molecule has 0 bridgehead atoms. The minimum absolute atomic E-state index is 0.0311. The maximum absolute atomic E-state index is 11.1. The van der Waals surface area contributed by atoms with Gasteiger partial charge in [-0.15, -0.1) is 0 Å². The second-order valence-electron chi connectivity index (χ2n) is 4.23. The number of carbonyl (C=O) groups excluding carboxylic acids is 1. The van der Waals surface area contributed by atoms with Crippen molar-refractivity contribution in [3.05, 3.63) is 38.9 Å². The smallest absolute Gasteiger partial charge is 0.306 e. The van der Waals surface area contributed by atoms with Gasteiger partial charge >= 0.3 is 5.97 Å². The van der Waals surface area contributed by atoms with Crippen molar-refractivity contribution in [2.75, 3.05) is 20.2 Å². The van der Waals surface area contributed by atoms with Gasteiger partial charge in [-0.2, -0.15) is 0 Å². The zero-order valence-corrected chi connectivity index (χ0v) is 12.2. The molecule has 0 N–H and O–H groups in total. The Morgan fingerprint density at radius 1 is 1.50 bits per heavy atom. The Morgan fingerprint density at radius 3 is 2.70 bits per heavy atom. The van der Waals surface area contributed by atoms with E-state index in [1.54, 1.807) is 6.07 Å². The lowest BCUT2D eigenvalue weighted by Gasteiger charge is -2.20. The standard InChI is InChI=1S/C13H17ClN2O4/c1-3-15(7-6-13(17)20-2)9-10-4-5-11(16(18)19)8-12(10)14/h4-5,8H,3,6-7,9H2,1-2H3. The average molecular weight is 301 g/mol. The minimum Gasteiger partial charge on any atom is -0.469 e. The predicted molar refractivity (Wildman–Crippen MR) is 75.7 cm³/mol. The van der Waals surface area contributed by atoms with Gasteiger partial charge in [0.1, 0.15) is 0 Å². The molecule has 0 amide bonds. The van der Waals surface area contributed by atoms with E-state index in [2.05, 4.69) is 4.74 Å². The third-order valence-corrected chi connectivity index (χ3v) is 3.30. The van der Waals surface area contributed by atoms with Crippen LogP contribution in [-0.2, 0) is 16.1 Å². The van der Waals surface area contributed by atoms with Crippen LogP contribution in [0.5, 0.6) is 0 Å². The van der Waals surface area contributed by atoms with Crippen LogP contribution in [0, 0.1) is 10.1 Å². The first-order valence-electron chi connectivity index (χ1n) is 6.20. The number of benzene rings is 1. The summed E-state index contributed by atoms with van der Waals surface area (Å²) in [6.45, 7) is 3.79. The van der Waals surface area contributed by atoms with Crippen molar-refractivity contribution in [3.63, 3.8) is 0 Å². The van der Waals surface area contributed by atoms with Gasteiger partial charge in [0.15, 0.2) is 0 Å². The molecule has 1 aromatic rings. The van der Waals surface area contributed by atoms with Crippen molar-refractivity contribution in [1.29, 1.82) is 0 Å². The molecule has 0 saturated carbocycles. The summed E-state index contributed by atoms with van der Waals surface area (Å²) in [5.41, 5.74) is 0.764. The van der Waals surface area contributed by atoms with E-state index in [9.17, 15) is 14.9 Å². The number of esters is 1. The first-order chi connectivity index (χ1) is 9.47. The lowest BCUT2D eigenvalue weighted by Crippen LogP contribution is -2.26. The van der Waals surface area contributed by atoms with Crippen LogP contribution in [0.15, 0.2) is 18.2 Å². The molecule has 0 radical (unpaired) electrons. The van der Waals surface area contributed by atoms with Gasteiger partial charge in [-0.3, -0.25) is 19.8 Å². The Kier molecular flexibility index (Phi) is 6.41. The van der Waals surface area contributed by atoms with Gasteiger partial charge in [0.2, 0.25) is 0 Å². The van der Waals surface area contributed by atoms with Crippen molar-refractivity contribution in [2.24, 2.45) is 0 Å². The Balaban J connectivity index is 2.70. The Bertz CT molecular complexity index is 493. The van der Waals surface area contributed by atoms with Crippen LogP contribution in [-0.4, -0.2) is 36.0 Å². The first-order valence-corrected chi connectivity index (χ1v) is 6.57. The molecule has 0 aliphatic heterocycles. The SMILES string of the molecule is CCN(CCC(=O)OC)Cc1ccc([N+](=O)[O-])cc1Cl. The number of halogens is 1. The molecule has 0 aliphatic rings. The number of carbonyl (C=O) groups is 1. The van der Waals surface area contributed by atoms with E-state index in [1.165, 1.54) is 19.2 Å². The molecule has 1 rings (SSSR count). The molecule has 0 spiro atoms. The van der Waals surface area contributed by atoms with Gasteiger partial charge in [0.25, 0.3) is 5.69 Å². The van der Waals surface area contributed by atoms with Gasteiger partial charge in [-0.05, 0) is 18.2 Å². The third kappa shape index (κ3) is 4.79. The lowest BCUT2D eigenvalue weighted by molar-refractivity contribution is -0.384. The number of hydrogen-bond acceptors (Lipinski definition) is 5. The monoisotopic (exact) mass is 300 g/mol. The fourth-order valence-corrected chi connectivity index (χ4v) is 1.95. The molecule has 0 aliphatic carbocycles. The van der Waals surface area contributed by atoms with Crippen LogP contribution < -0.4 is 0 Å². The van der Waals surface area contributed by atoms with E-state index < -0.39 is 4.92 Å². The number of nitro groups is 1. The summed E-state index contributed by atoms with van der Waals surface area (Å²) in [7, 11) is 1.35. The number of nitrogens with zero attached hydrogens (tertiary/aromatic N) is 2. The molecule has 0 saturated heterocycles. The molecular formula is C13H17ClN2O4. The predicted octanol–water partition coefficient (Wildman–Crippen LogP) is 2.63. The normalized spacial score (nSPS) is 10.6. The van der Waals surface area contributed by atoms with Crippen molar-refractivity contribution in [2.45, 2.75) is 19.9 Å². The van der Waals surface area contributed by atoms with Gasteiger partial charge in [0, 0.05) is 25.2 Å². The van der Waals surface area contributed by atoms with Gasteiger partial charge in [-0.25, -0.2) is 0 Å². The molecule has 1 aromatic carbocycles. The van der Waals surface area contributed by atoms with E-state index in [0.29, 0.717) is 24.5 Å². The Hall–Kier alpha value is -1.66. The highest BCUT2D eigenvalue weighted by Gasteiger charge is 2.13. The van der Waals surface area contributed by atoms with E-state index in [0.717, 1.165) is 12.1 Å². The summed E-state index contributed by atoms with van der Waals surface area (Å²) in [5.74, 6) is -0.266. The summed E-state index contributed by atoms with van der Waals surface area (Å²) in [6.07, 6.45) is 0.301. The summed E-state index contributed by atoms with van der Waals surface area (Å²) in [5, 5.41) is 11.0. The van der Waals surface area contributed by atoms with E-state index in [-0.39, 0.29) is 11.7 Å². The zero-order chi connectivity index (χ0) is 15.1. The minimum atomic E-state index is -0.482. The number of rotatable bonds is 7. The molecule has 6 nitrogen and oxygen atoms in total. The summed E-state index contributed by atoms with van der Waals surface area (Å²) < 4.78 is 4.59. The second-order valence-corrected chi connectivity index (χ2v) is 4.63. The number of non-ortho nitro benzene ring substituents is 1. The highest BCUT2D eigenvalue weighted by atomic mass is 35.5. The fourth-order valence-electron chi connectivity index (χ4n) is 1.72. The number of ether oxygens (including phenoxy) is 1. The maximum atomic E-state index is 11.1. The second kappa shape index (κ2) is 7.81. The van der Waals surface area contributed by atoms with Crippen LogP contribution in [0.4, 0.5) is 5.69 Å². The van der Waals surface area contributed by atoms with Crippen molar-refractivity contribution in [1.82, 2.24) is 4.90 Å².